The number of rotatable bonds is 3. The van der Waals surface area contributed by atoms with Crippen molar-refractivity contribution in [3.63, 3.8) is 0 Å². The Labute approximate surface area is 129 Å². The molecule has 22 heavy (non-hydrogen) atoms. The number of carbonyl (C=O) groups excluding carboxylic acids is 1. The van der Waals surface area contributed by atoms with Gasteiger partial charge < -0.3 is 9.84 Å². The second kappa shape index (κ2) is 6.58. The van der Waals surface area contributed by atoms with Crippen LogP contribution in [-0.4, -0.2) is 23.3 Å². The van der Waals surface area contributed by atoms with E-state index in [1.807, 2.05) is 66.7 Å². The van der Waals surface area contributed by atoms with Gasteiger partial charge in [-0.25, -0.2) is 0 Å². The van der Waals surface area contributed by atoms with Gasteiger partial charge in [-0.3, -0.25) is 4.79 Å². The molecule has 0 bridgehead atoms. The highest BCUT2D eigenvalue weighted by atomic mass is 16.5. The van der Waals surface area contributed by atoms with E-state index in [1.165, 1.54) is 0 Å². The molecule has 0 amide bonds. The van der Waals surface area contributed by atoms with Crippen molar-refractivity contribution in [2.45, 2.75) is 25.0 Å². The fourth-order valence-corrected chi connectivity index (χ4v) is 2.69. The quantitative estimate of drug-likeness (QED) is 0.698. The van der Waals surface area contributed by atoms with E-state index < -0.39 is 12.2 Å². The molecular weight excluding hydrogens is 276 g/mol. The predicted molar refractivity (Wildman–Crippen MR) is 85.9 cm³/mol. The van der Waals surface area contributed by atoms with Crippen LogP contribution in [0.15, 0.2) is 60.7 Å². The maximum atomic E-state index is 11.7. The summed E-state index contributed by atoms with van der Waals surface area (Å²) in [5.41, 5.74) is 2.95. The van der Waals surface area contributed by atoms with E-state index in [-0.39, 0.29) is 12.4 Å². The van der Waals surface area contributed by atoms with Crippen LogP contribution >= 0.6 is 0 Å². The lowest BCUT2D eigenvalue weighted by Gasteiger charge is -2.28. The van der Waals surface area contributed by atoms with Crippen LogP contribution in [0.25, 0.3) is 11.6 Å². The molecule has 0 radical (unpaired) electrons. The van der Waals surface area contributed by atoms with Crippen molar-refractivity contribution in [2.24, 2.45) is 0 Å². The van der Waals surface area contributed by atoms with Crippen molar-refractivity contribution in [3.8, 4) is 0 Å². The molecule has 1 aliphatic heterocycles. The monoisotopic (exact) mass is 294 g/mol. The van der Waals surface area contributed by atoms with Gasteiger partial charge in [0, 0.05) is 12.0 Å². The average Bonchev–Trinajstić information content (AvgIpc) is 2.53. The van der Waals surface area contributed by atoms with Crippen LogP contribution in [0.5, 0.6) is 0 Å². The zero-order valence-corrected chi connectivity index (χ0v) is 12.2. The molecule has 112 valence electrons. The maximum absolute atomic E-state index is 11.7. The van der Waals surface area contributed by atoms with E-state index in [9.17, 15) is 9.90 Å². The topological polar surface area (TPSA) is 46.5 Å². The van der Waals surface area contributed by atoms with Crippen LogP contribution in [-0.2, 0) is 9.53 Å². The molecule has 1 saturated heterocycles. The van der Waals surface area contributed by atoms with Crippen molar-refractivity contribution in [1.82, 2.24) is 0 Å². The third-order valence-corrected chi connectivity index (χ3v) is 3.74. The second-order valence-corrected chi connectivity index (χ2v) is 5.45. The molecule has 1 aliphatic rings. The Kier molecular flexibility index (Phi) is 4.35. The number of cyclic esters (lactones) is 1. The number of aliphatic hydroxyl groups excluding tert-OH is 1. The zero-order valence-electron chi connectivity index (χ0n) is 12.2. The Bertz CT molecular complexity index is 662. The molecule has 1 heterocycles. The SMILES string of the molecule is O=C1CC(O)CC(C(=Cc2ccccc2)c2ccccc2)O1. The lowest BCUT2D eigenvalue weighted by molar-refractivity contribution is -0.155. The molecule has 0 aliphatic carbocycles. The molecule has 0 spiro atoms. The number of esters is 1. The fraction of sp³-hybridized carbons (Fsp3) is 0.211. The summed E-state index contributed by atoms with van der Waals surface area (Å²) < 4.78 is 5.48. The molecular formula is C19H18O3. The molecule has 0 aromatic heterocycles. The molecule has 3 nitrogen and oxygen atoms in total. The molecule has 0 saturated carbocycles. The van der Waals surface area contributed by atoms with Gasteiger partial charge in [0.1, 0.15) is 6.10 Å². The molecule has 2 unspecified atom stereocenters. The number of hydrogen-bond acceptors (Lipinski definition) is 3. The lowest BCUT2D eigenvalue weighted by atomic mass is 9.92. The Morgan fingerprint density at radius 1 is 1.05 bits per heavy atom. The van der Waals surface area contributed by atoms with Crippen LogP contribution in [0.3, 0.4) is 0 Å². The summed E-state index contributed by atoms with van der Waals surface area (Å²) in [7, 11) is 0. The molecule has 3 heteroatoms. The Morgan fingerprint density at radius 3 is 2.32 bits per heavy atom. The molecule has 1 fully saturated rings. The zero-order chi connectivity index (χ0) is 15.4. The first-order valence-corrected chi connectivity index (χ1v) is 7.42. The van der Waals surface area contributed by atoms with Crippen LogP contribution in [0.1, 0.15) is 24.0 Å². The molecule has 2 atom stereocenters. The number of benzene rings is 2. The summed E-state index contributed by atoms with van der Waals surface area (Å²) in [6.07, 6.45) is 1.46. The predicted octanol–water partition coefficient (Wildman–Crippen LogP) is 3.29. The van der Waals surface area contributed by atoms with Crippen LogP contribution in [0, 0.1) is 0 Å². The fourth-order valence-electron chi connectivity index (χ4n) is 2.69. The largest absolute Gasteiger partial charge is 0.457 e. The number of hydrogen-bond donors (Lipinski definition) is 1. The highest BCUT2D eigenvalue weighted by Gasteiger charge is 2.30. The molecule has 1 N–H and O–H groups in total. The van der Waals surface area contributed by atoms with Gasteiger partial charge in [-0.15, -0.1) is 0 Å². The number of carbonyl (C=O) groups is 1. The molecule has 3 rings (SSSR count). The summed E-state index contributed by atoms with van der Waals surface area (Å²) in [4.78, 5) is 11.7. The van der Waals surface area contributed by atoms with Crippen molar-refractivity contribution < 1.29 is 14.6 Å². The summed E-state index contributed by atoms with van der Waals surface area (Å²) in [5, 5.41) is 9.88. The van der Waals surface area contributed by atoms with Gasteiger partial charge >= 0.3 is 5.97 Å². The first kappa shape index (κ1) is 14.5. The van der Waals surface area contributed by atoms with Crippen LogP contribution < -0.4 is 0 Å². The van der Waals surface area contributed by atoms with E-state index in [2.05, 4.69) is 0 Å². The highest BCUT2D eigenvalue weighted by molar-refractivity contribution is 5.86. The van der Waals surface area contributed by atoms with Gasteiger partial charge in [0.15, 0.2) is 0 Å². The van der Waals surface area contributed by atoms with Crippen molar-refractivity contribution in [1.29, 1.82) is 0 Å². The van der Waals surface area contributed by atoms with E-state index in [1.54, 1.807) is 0 Å². The summed E-state index contributed by atoms with van der Waals surface area (Å²) in [5.74, 6) is -0.348. The minimum atomic E-state index is -0.644. The standard InChI is InChI=1S/C19H18O3/c20-16-12-18(22-19(21)13-16)17(15-9-5-2-6-10-15)11-14-7-3-1-4-8-14/h1-11,16,18,20H,12-13H2. The normalized spacial score (nSPS) is 22.2. The maximum Gasteiger partial charge on any atom is 0.309 e. The summed E-state index contributed by atoms with van der Waals surface area (Å²) in [6.45, 7) is 0. The van der Waals surface area contributed by atoms with Crippen molar-refractivity contribution in [2.75, 3.05) is 0 Å². The van der Waals surface area contributed by atoms with E-state index in [0.717, 1.165) is 16.7 Å². The third-order valence-electron chi connectivity index (χ3n) is 3.74. The Balaban J connectivity index is 2.00. The molecule has 2 aromatic rings. The van der Waals surface area contributed by atoms with Crippen molar-refractivity contribution in [3.05, 3.63) is 71.8 Å². The van der Waals surface area contributed by atoms with E-state index in [0.29, 0.717) is 6.42 Å². The smallest absolute Gasteiger partial charge is 0.309 e. The second-order valence-electron chi connectivity index (χ2n) is 5.45. The van der Waals surface area contributed by atoms with Crippen LogP contribution in [0.4, 0.5) is 0 Å². The van der Waals surface area contributed by atoms with E-state index >= 15 is 0 Å². The van der Waals surface area contributed by atoms with Gasteiger partial charge in [0.2, 0.25) is 0 Å². The van der Waals surface area contributed by atoms with Gasteiger partial charge in [0.05, 0.1) is 12.5 Å². The van der Waals surface area contributed by atoms with Gasteiger partial charge in [-0.1, -0.05) is 60.7 Å². The lowest BCUT2D eigenvalue weighted by Crippen LogP contribution is -2.33. The van der Waals surface area contributed by atoms with Crippen LogP contribution in [0.2, 0.25) is 0 Å². The first-order chi connectivity index (χ1) is 10.7. The minimum Gasteiger partial charge on any atom is -0.457 e. The number of aliphatic hydroxyl groups is 1. The van der Waals surface area contributed by atoms with Gasteiger partial charge in [-0.05, 0) is 17.2 Å². The Hall–Kier alpha value is -2.39. The third kappa shape index (κ3) is 3.43. The minimum absolute atomic E-state index is 0.0733. The average molecular weight is 294 g/mol. The summed E-state index contributed by atoms with van der Waals surface area (Å²) in [6, 6.07) is 19.7. The highest BCUT2D eigenvalue weighted by Crippen LogP contribution is 2.30. The molecule has 2 aromatic carbocycles. The van der Waals surface area contributed by atoms with Gasteiger partial charge in [0.25, 0.3) is 0 Å². The van der Waals surface area contributed by atoms with E-state index in [4.69, 9.17) is 4.74 Å². The van der Waals surface area contributed by atoms with Crippen molar-refractivity contribution >= 4 is 17.6 Å². The van der Waals surface area contributed by atoms with Gasteiger partial charge in [-0.2, -0.15) is 0 Å². The Morgan fingerprint density at radius 2 is 1.68 bits per heavy atom. The summed E-state index contributed by atoms with van der Waals surface area (Å²) >= 11 is 0. The number of ether oxygens (including phenoxy) is 1. The first-order valence-electron chi connectivity index (χ1n) is 7.42.